The van der Waals surface area contributed by atoms with Crippen LogP contribution >= 0.6 is 0 Å². The Labute approximate surface area is 98.6 Å². The van der Waals surface area contributed by atoms with E-state index >= 15 is 0 Å². The van der Waals surface area contributed by atoms with E-state index in [-0.39, 0.29) is 0 Å². The van der Waals surface area contributed by atoms with Crippen LogP contribution in [0.4, 0.5) is 0 Å². The molecule has 0 spiro atoms. The minimum atomic E-state index is 0.749. The van der Waals surface area contributed by atoms with Crippen LogP contribution in [-0.4, -0.2) is 6.54 Å². The molecule has 0 aliphatic heterocycles. The van der Waals surface area contributed by atoms with Crippen molar-refractivity contribution in [3.8, 4) is 0 Å². The molecule has 1 rings (SSSR count). The molecule has 0 saturated heterocycles. The quantitative estimate of drug-likeness (QED) is 0.423. The molecule has 0 heterocycles. The highest BCUT2D eigenvalue weighted by molar-refractivity contribution is 5.44. The molecule has 0 saturated carbocycles. The molecule has 1 aliphatic carbocycles. The Morgan fingerprint density at radius 2 is 2.38 bits per heavy atom. The first-order valence-corrected chi connectivity index (χ1v) is 5.97. The van der Waals surface area contributed by atoms with Crippen molar-refractivity contribution in [2.75, 3.05) is 6.54 Å². The van der Waals surface area contributed by atoms with Gasteiger partial charge in [0.15, 0.2) is 0 Å². The summed E-state index contributed by atoms with van der Waals surface area (Å²) in [5.74, 6) is 5.41. The molecule has 0 unspecified atom stereocenters. The van der Waals surface area contributed by atoms with E-state index in [0.717, 1.165) is 25.8 Å². The lowest BCUT2D eigenvalue weighted by Gasteiger charge is -2.18. The maximum absolute atomic E-state index is 5.41. The van der Waals surface area contributed by atoms with E-state index in [1.54, 1.807) is 0 Å². The number of hydrogen-bond donors (Lipinski definition) is 2. The van der Waals surface area contributed by atoms with Crippen molar-refractivity contribution in [1.82, 2.24) is 5.43 Å². The third-order valence-electron chi connectivity index (χ3n) is 2.82. The number of nitrogens with one attached hydrogen (secondary N) is 1. The van der Waals surface area contributed by atoms with Gasteiger partial charge in [0.25, 0.3) is 0 Å². The van der Waals surface area contributed by atoms with Crippen molar-refractivity contribution in [3.05, 3.63) is 47.1 Å². The molecule has 1 aliphatic rings. The molecular formula is C14H22N2. The lowest BCUT2D eigenvalue weighted by atomic mass is 9.90. The minimum Gasteiger partial charge on any atom is -0.271 e. The zero-order valence-electron chi connectivity index (χ0n) is 10.3. The maximum atomic E-state index is 5.41. The summed E-state index contributed by atoms with van der Waals surface area (Å²) in [6.45, 7) is 4.99. The highest BCUT2D eigenvalue weighted by Gasteiger charge is 2.10. The zero-order chi connectivity index (χ0) is 11.8. The molecule has 0 atom stereocenters. The molecule has 0 fully saturated rings. The number of allylic oxidation sites excluding steroid dienone is 6. The Morgan fingerprint density at radius 3 is 3.00 bits per heavy atom. The third kappa shape index (κ3) is 3.47. The summed E-state index contributed by atoms with van der Waals surface area (Å²) in [7, 11) is 0. The first kappa shape index (κ1) is 12.9. The van der Waals surface area contributed by atoms with Crippen LogP contribution in [0, 0.1) is 0 Å². The molecule has 0 aromatic heterocycles. The molecule has 0 amide bonds. The molecule has 0 aromatic carbocycles. The van der Waals surface area contributed by atoms with Gasteiger partial charge in [-0.3, -0.25) is 11.3 Å². The number of hydrogen-bond acceptors (Lipinski definition) is 2. The average molecular weight is 218 g/mol. The van der Waals surface area contributed by atoms with Crippen LogP contribution in [0.15, 0.2) is 47.1 Å². The van der Waals surface area contributed by atoms with E-state index in [1.165, 1.54) is 16.7 Å². The van der Waals surface area contributed by atoms with Gasteiger partial charge in [0.2, 0.25) is 0 Å². The van der Waals surface area contributed by atoms with Crippen LogP contribution in [0.25, 0.3) is 0 Å². The predicted octanol–water partition coefficient (Wildman–Crippen LogP) is 3.01. The second-order valence-corrected chi connectivity index (χ2v) is 3.90. The Morgan fingerprint density at radius 1 is 1.56 bits per heavy atom. The normalized spacial score (nSPS) is 17.6. The van der Waals surface area contributed by atoms with Gasteiger partial charge in [-0.2, -0.15) is 0 Å². The van der Waals surface area contributed by atoms with Gasteiger partial charge >= 0.3 is 0 Å². The monoisotopic (exact) mass is 218 g/mol. The zero-order valence-corrected chi connectivity index (χ0v) is 10.3. The summed E-state index contributed by atoms with van der Waals surface area (Å²) in [6.07, 6.45) is 14.1. The van der Waals surface area contributed by atoms with Crippen LogP contribution in [0.1, 0.15) is 33.1 Å². The van der Waals surface area contributed by atoms with Crippen LogP contribution in [-0.2, 0) is 0 Å². The SMILES string of the molecule is C/C=C\C=C(/CC)C1=C(CNN)C=CCC1. The second kappa shape index (κ2) is 7.20. The van der Waals surface area contributed by atoms with Gasteiger partial charge in [0.05, 0.1) is 0 Å². The highest BCUT2D eigenvalue weighted by atomic mass is 15.2. The van der Waals surface area contributed by atoms with Gasteiger partial charge in [-0.25, -0.2) is 0 Å². The van der Waals surface area contributed by atoms with E-state index in [1.807, 2.05) is 6.92 Å². The lowest BCUT2D eigenvalue weighted by Crippen LogP contribution is -2.25. The summed E-state index contributed by atoms with van der Waals surface area (Å²) in [4.78, 5) is 0. The van der Waals surface area contributed by atoms with Gasteiger partial charge in [-0.1, -0.05) is 37.3 Å². The van der Waals surface area contributed by atoms with Crippen LogP contribution in [0.5, 0.6) is 0 Å². The van der Waals surface area contributed by atoms with Gasteiger partial charge in [-0.05, 0) is 42.9 Å². The third-order valence-corrected chi connectivity index (χ3v) is 2.82. The molecule has 16 heavy (non-hydrogen) atoms. The molecule has 3 N–H and O–H groups in total. The summed E-state index contributed by atoms with van der Waals surface area (Å²) in [6, 6.07) is 0. The molecule has 2 nitrogen and oxygen atoms in total. The first-order valence-electron chi connectivity index (χ1n) is 5.97. The summed E-state index contributed by atoms with van der Waals surface area (Å²) >= 11 is 0. The summed E-state index contributed by atoms with van der Waals surface area (Å²) in [5, 5.41) is 0. The van der Waals surface area contributed by atoms with E-state index in [4.69, 9.17) is 5.84 Å². The molecule has 0 radical (unpaired) electrons. The summed E-state index contributed by atoms with van der Waals surface area (Å²) in [5.41, 5.74) is 6.96. The average Bonchev–Trinajstić information content (AvgIpc) is 2.32. The van der Waals surface area contributed by atoms with Crippen molar-refractivity contribution >= 4 is 0 Å². The molecule has 2 heteroatoms. The van der Waals surface area contributed by atoms with E-state index in [2.05, 4.69) is 42.7 Å². The van der Waals surface area contributed by atoms with Crippen LogP contribution in [0.3, 0.4) is 0 Å². The number of hydrazine groups is 1. The van der Waals surface area contributed by atoms with Crippen molar-refractivity contribution in [2.24, 2.45) is 5.84 Å². The van der Waals surface area contributed by atoms with Crippen LogP contribution < -0.4 is 11.3 Å². The van der Waals surface area contributed by atoms with E-state index in [0.29, 0.717) is 0 Å². The fraction of sp³-hybridized carbons (Fsp3) is 0.429. The Balaban J connectivity index is 2.99. The van der Waals surface area contributed by atoms with Gasteiger partial charge in [0.1, 0.15) is 0 Å². The summed E-state index contributed by atoms with van der Waals surface area (Å²) < 4.78 is 0. The van der Waals surface area contributed by atoms with Crippen molar-refractivity contribution < 1.29 is 0 Å². The van der Waals surface area contributed by atoms with Crippen molar-refractivity contribution in [3.63, 3.8) is 0 Å². The molecular weight excluding hydrogens is 196 g/mol. The fourth-order valence-corrected chi connectivity index (χ4v) is 2.00. The lowest BCUT2D eigenvalue weighted by molar-refractivity contribution is 0.784. The Kier molecular flexibility index (Phi) is 5.83. The van der Waals surface area contributed by atoms with Gasteiger partial charge in [0, 0.05) is 6.54 Å². The smallest absolute Gasteiger partial charge is 0.0351 e. The maximum Gasteiger partial charge on any atom is 0.0351 e. The number of nitrogens with two attached hydrogens (primary N) is 1. The topological polar surface area (TPSA) is 38.0 Å². The van der Waals surface area contributed by atoms with E-state index in [9.17, 15) is 0 Å². The minimum absolute atomic E-state index is 0.749. The predicted molar refractivity (Wildman–Crippen MR) is 70.8 cm³/mol. The fourth-order valence-electron chi connectivity index (χ4n) is 2.00. The van der Waals surface area contributed by atoms with Crippen molar-refractivity contribution in [1.29, 1.82) is 0 Å². The second-order valence-electron chi connectivity index (χ2n) is 3.90. The van der Waals surface area contributed by atoms with Crippen molar-refractivity contribution in [2.45, 2.75) is 33.1 Å². The number of rotatable bonds is 5. The first-order chi connectivity index (χ1) is 7.83. The Hall–Kier alpha value is -1.12. The molecule has 0 aromatic rings. The van der Waals surface area contributed by atoms with E-state index < -0.39 is 0 Å². The molecule has 88 valence electrons. The van der Waals surface area contributed by atoms with Crippen LogP contribution in [0.2, 0.25) is 0 Å². The highest BCUT2D eigenvalue weighted by Crippen LogP contribution is 2.27. The standard InChI is InChI=1S/C14H22N2/c1-3-5-8-12(4-2)14-10-7-6-9-13(14)11-16-15/h3,5-6,8-9,16H,4,7,10-11,15H2,1-2H3/b5-3-,12-8+. The Bertz CT molecular complexity index is 333. The van der Waals surface area contributed by atoms with Gasteiger partial charge in [-0.15, -0.1) is 0 Å². The molecule has 0 bridgehead atoms. The van der Waals surface area contributed by atoms with Gasteiger partial charge < -0.3 is 0 Å². The largest absolute Gasteiger partial charge is 0.271 e.